The average Bonchev–Trinajstić information content (AvgIpc) is 2.23. The van der Waals surface area contributed by atoms with E-state index in [4.69, 9.17) is 0 Å². The molecule has 0 N–H and O–H groups in total. The molecule has 5 heteroatoms. The van der Waals surface area contributed by atoms with Crippen molar-refractivity contribution in [2.24, 2.45) is 0 Å². The number of halogens is 1. The summed E-state index contributed by atoms with van der Waals surface area (Å²) in [6.45, 7) is 8.85. The monoisotopic (exact) mass is 327 g/mol. The van der Waals surface area contributed by atoms with Gasteiger partial charge in [0.1, 0.15) is 0 Å². The van der Waals surface area contributed by atoms with Crippen LogP contribution in [0.1, 0.15) is 46.5 Å². The molecule has 0 aliphatic heterocycles. The Labute approximate surface area is 121 Å². The Hall–Kier alpha value is -1.23. The Bertz CT molecular complexity index is 545. The van der Waals surface area contributed by atoms with Crippen LogP contribution in [-0.4, -0.2) is 15.0 Å². The largest absolute Gasteiger partial charge is 0.293 e. The molecule has 0 amide bonds. The number of hydrogen-bond acceptors (Lipinski definition) is 3. The van der Waals surface area contributed by atoms with Crippen molar-refractivity contribution < 1.29 is 9.72 Å². The molecule has 1 aromatic rings. The molecule has 0 unspecified atom stereocenters. The van der Waals surface area contributed by atoms with Gasteiger partial charge in [-0.25, -0.2) is 0 Å². The number of aryl methyl sites for hydroxylation is 1. The number of benzene rings is 1. The Morgan fingerprint density at radius 2 is 1.84 bits per heavy atom. The summed E-state index contributed by atoms with van der Waals surface area (Å²) < 4.78 is -0.731. The fourth-order valence-corrected chi connectivity index (χ4v) is 2.24. The van der Waals surface area contributed by atoms with E-state index in [1.807, 2.05) is 20.8 Å². The van der Waals surface area contributed by atoms with Gasteiger partial charge >= 0.3 is 0 Å². The first-order valence-electron chi connectivity index (χ1n) is 6.01. The molecule has 0 radical (unpaired) electrons. The van der Waals surface area contributed by atoms with Gasteiger partial charge in [0.25, 0.3) is 0 Å². The molecule has 0 spiro atoms. The van der Waals surface area contributed by atoms with E-state index < -0.39 is 9.25 Å². The topological polar surface area (TPSA) is 60.2 Å². The van der Waals surface area contributed by atoms with Crippen LogP contribution in [-0.2, 0) is 6.54 Å². The SMILES string of the molecule is Cc1cc(C[N+](=O)[O-])c(C(=O)C(C)(C)Br)c(C)c1C. The van der Waals surface area contributed by atoms with Crippen molar-refractivity contribution in [1.29, 1.82) is 0 Å². The summed E-state index contributed by atoms with van der Waals surface area (Å²) in [5.41, 5.74) is 3.77. The molecule has 0 aromatic heterocycles. The maximum Gasteiger partial charge on any atom is 0.229 e. The lowest BCUT2D eigenvalue weighted by molar-refractivity contribution is -0.496. The maximum absolute atomic E-state index is 12.5. The molecule has 104 valence electrons. The molecule has 19 heavy (non-hydrogen) atoms. The lowest BCUT2D eigenvalue weighted by Crippen LogP contribution is -2.27. The third-order valence-electron chi connectivity index (χ3n) is 3.31. The summed E-state index contributed by atoms with van der Waals surface area (Å²) in [4.78, 5) is 22.9. The molecule has 1 rings (SSSR count). The van der Waals surface area contributed by atoms with Crippen molar-refractivity contribution in [2.75, 3.05) is 0 Å². The van der Waals surface area contributed by atoms with Crippen molar-refractivity contribution in [3.8, 4) is 0 Å². The van der Waals surface area contributed by atoms with Gasteiger partial charge in [0.15, 0.2) is 5.78 Å². The molecule has 0 saturated carbocycles. The molecule has 0 saturated heterocycles. The number of carbonyl (C=O) groups excluding carboxylic acids is 1. The molecule has 0 atom stereocenters. The van der Waals surface area contributed by atoms with E-state index in [2.05, 4.69) is 15.9 Å². The second-order valence-corrected chi connectivity index (χ2v) is 7.25. The van der Waals surface area contributed by atoms with Crippen LogP contribution in [0, 0.1) is 30.9 Å². The lowest BCUT2D eigenvalue weighted by atomic mass is 9.88. The number of nitrogens with zero attached hydrogens (tertiary/aromatic N) is 1. The van der Waals surface area contributed by atoms with Crippen LogP contribution in [0.4, 0.5) is 0 Å². The molecule has 0 aliphatic rings. The molecule has 4 nitrogen and oxygen atoms in total. The van der Waals surface area contributed by atoms with Crippen molar-refractivity contribution in [1.82, 2.24) is 0 Å². The van der Waals surface area contributed by atoms with Gasteiger partial charge < -0.3 is 0 Å². The smallest absolute Gasteiger partial charge is 0.229 e. The van der Waals surface area contributed by atoms with E-state index in [0.29, 0.717) is 11.1 Å². The summed E-state index contributed by atoms with van der Waals surface area (Å²) in [6, 6.07) is 1.75. The molecule has 1 aromatic carbocycles. The highest BCUT2D eigenvalue weighted by molar-refractivity contribution is 9.10. The minimum absolute atomic E-state index is 0.120. The molecule has 0 fully saturated rings. The summed E-state index contributed by atoms with van der Waals surface area (Å²) in [5.74, 6) is -0.120. The number of ketones is 1. The molecule has 0 heterocycles. The second-order valence-electron chi connectivity index (χ2n) is 5.27. The zero-order chi connectivity index (χ0) is 15.0. The zero-order valence-corrected chi connectivity index (χ0v) is 13.4. The predicted molar refractivity (Wildman–Crippen MR) is 78.7 cm³/mol. The Morgan fingerprint density at radius 1 is 1.32 bits per heavy atom. The molecule has 0 bridgehead atoms. The Kier molecular flexibility index (Phi) is 4.50. The van der Waals surface area contributed by atoms with Crippen LogP contribution in [0.3, 0.4) is 0 Å². The van der Waals surface area contributed by atoms with E-state index in [1.165, 1.54) is 0 Å². The first-order chi connectivity index (χ1) is 8.55. The third-order valence-corrected chi connectivity index (χ3v) is 3.67. The Balaban J connectivity index is 3.55. The predicted octanol–water partition coefficient (Wildman–Crippen LogP) is 3.74. The van der Waals surface area contributed by atoms with E-state index in [-0.39, 0.29) is 12.3 Å². The number of rotatable bonds is 4. The first kappa shape index (κ1) is 15.8. The summed E-state index contributed by atoms with van der Waals surface area (Å²) in [7, 11) is 0. The lowest BCUT2D eigenvalue weighted by Gasteiger charge is -2.20. The molecular formula is C14H18BrNO3. The standard InChI is InChI=1S/C14H18BrNO3/c1-8-6-11(7-16(18)19)12(10(3)9(8)2)13(17)14(4,5)15/h6H,7H2,1-5H3. The van der Waals surface area contributed by atoms with Crippen molar-refractivity contribution >= 4 is 21.7 Å². The van der Waals surface area contributed by atoms with E-state index in [0.717, 1.165) is 16.7 Å². The third kappa shape index (κ3) is 3.41. The Morgan fingerprint density at radius 3 is 2.26 bits per heavy atom. The van der Waals surface area contributed by atoms with Gasteiger partial charge in [0.2, 0.25) is 6.54 Å². The average molecular weight is 328 g/mol. The highest BCUT2D eigenvalue weighted by Gasteiger charge is 2.30. The minimum atomic E-state index is -0.731. The normalized spacial score (nSPS) is 11.5. The van der Waals surface area contributed by atoms with Crippen LogP contribution >= 0.6 is 15.9 Å². The van der Waals surface area contributed by atoms with E-state index in [9.17, 15) is 14.9 Å². The summed E-state index contributed by atoms with van der Waals surface area (Å²) >= 11 is 3.34. The fraction of sp³-hybridized carbons (Fsp3) is 0.500. The van der Waals surface area contributed by atoms with Crippen molar-refractivity contribution in [3.05, 3.63) is 44.0 Å². The van der Waals surface area contributed by atoms with Gasteiger partial charge in [0, 0.05) is 16.1 Å². The van der Waals surface area contributed by atoms with Gasteiger partial charge in [-0.2, -0.15) is 0 Å². The number of alkyl halides is 1. The highest BCUT2D eigenvalue weighted by Crippen LogP contribution is 2.29. The van der Waals surface area contributed by atoms with Gasteiger partial charge in [-0.15, -0.1) is 0 Å². The number of Topliss-reactive ketones (excluding diaryl/α,β-unsaturated/α-hetero) is 1. The second kappa shape index (κ2) is 5.41. The first-order valence-corrected chi connectivity index (χ1v) is 6.80. The van der Waals surface area contributed by atoms with Crippen LogP contribution in [0.15, 0.2) is 6.07 Å². The van der Waals surface area contributed by atoms with Gasteiger partial charge in [-0.1, -0.05) is 15.9 Å². The van der Waals surface area contributed by atoms with Crippen LogP contribution in [0.25, 0.3) is 0 Å². The van der Waals surface area contributed by atoms with Crippen LogP contribution in [0.5, 0.6) is 0 Å². The summed E-state index contributed by atoms with van der Waals surface area (Å²) in [6.07, 6.45) is 0. The van der Waals surface area contributed by atoms with Gasteiger partial charge in [-0.05, 0) is 57.4 Å². The van der Waals surface area contributed by atoms with Gasteiger partial charge in [-0.3, -0.25) is 14.9 Å². The number of nitro groups is 1. The highest BCUT2D eigenvalue weighted by atomic mass is 79.9. The minimum Gasteiger partial charge on any atom is -0.293 e. The molecular weight excluding hydrogens is 310 g/mol. The number of carbonyl (C=O) groups is 1. The van der Waals surface area contributed by atoms with Crippen LogP contribution < -0.4 is 0 Å². The van der Waals surface area contributed by atoms with E-state index >= 15 is 0 Å². The fourth-order valence-electron chi connectivity index (χ4n) is 2.04. The van der Waals surface area contributed by atoms with Crippen molar-refractivity contribution in [3.63, 3.8) is 0 Å². The van der Waals surface area contributed by atoms with Crippen LogP contribution in [0.2, 0.25) is 0 Å². The van der Waals surface area contributed by atoms with Gasteiger partial charge in [0.05, 0.1) is 4.32 Å². The number of hydrogen-bond donors (Lipinski definition) is 0. The van der Waals surface area contributed by atoms with E-state index in [1.54, 1.807) is 19.9 Å². The zero-order valence-electron chi connectivity index (χ0n) is 11.8. The summed E-state index contributed by atoms with van der Waals surface area (Å²) in [5, 5.41) is 10.8. The maximum atomic E-state index is 12.5. The van der Waals surface area contributed by atoms with Crippen molar-refractivity contribution in [2.45, 2.75) is 45.5 Å². The quantitative estimate of drug-likeness (QED) is 0.366. The molecule has 0 aliphatic carbocycles.